The molecule has 0 atom stereocenters. The Morgan fingerprint density at radius 2 is 1.82 bits per heavy atom. The highest BCUT2D eigenvalue weighted by Gasteiger charge is 2.20. The van der Waals surface area contributed by atoms with E-state index in [-0.39, 0.29) is 5.41 Å². The van der Waals surface area contributed by atoms with Crippen molar-refractivity contribution in [3.05, 3.63) is 11.4 Å². The Bertz CT molecular complexity index is 255. The topological polar surface area (TPSA) is 30.7 Å². The zero-order valence-electron chi connectivity index (χ0n) is 7.84. The number of aromatic nitrogens is 3. The molecule has 1 aromatic heterocycles. The first-order chi connectivity index (χ1) is 4.93. The number of hydrogen-bond acceptors (Lipinski definition) is 2. The zero-order chi connectivity index (χ0) is 8.65. The predicted octanol–water partition coefficient (Wildman–Crippen LogP) is 1.42. The summed E-state index contributed by atoms with van der Waals surface area (Å²) < 4.78 is 1.81. The van der Waals surface area contributed by atoms with Gasteiger partial charge in [-0.3, -0.25) is 4.68 Å². The lowest BCUT2D eigenvalue weighted by Crippen LogP contribution is -2.13. The summed E-state index contributed by atoms with van der Waals surface area (Å²) in [6.07, 6.45) is 0. The lowest BCUT2D eigenvalue weighted by molar-refractivity contribution is 0.563. The van der Waals surface area contributed by atoms with Gasteiger partial charge in [-0.2, -0.15) is 0 Å². The van der Waals surface area contributed by atoms with Gasteiger partial charge in [0.1, 0.15) is 0 Å². The first kappa shape index (κ1) is 8.24. The molecule has 0 fully saturated rings. The Hall–Kier alpha value is -0.860. The van der Waals surface area contributed by atoms with Gasteiger partial charge in [0.25, 0.3) is 0 Å². The van der Waals surface area contributed by atoms with Crippen molar-refractivity contribution in [2.24, 2.45) is 7.05 Å². The van der Waals surface area contributed by atoms with E-state index in [0.717, 1.165) is 11.4 Å². The van der Waals surface area contributed by atoms with Gasteiger partial charge in [-0.1, -0.05) is 26.0 Å². The van der Waals surface area contributed by atoms with Gasteiger partial charge in [-0.25, -0.2) is 0 Å². The van der Waals surface area contributed by atoms with Crippen molar-refractivity contribution in [2.45, 2.75) is 33.1 Å². The molecule has 0 radical (unpaired) electrons. The summed E-state index contributed by atoms with van der Waals surface area (Å²) >= 11 is 0. The normalized spacial score (nSPS) is 12.1. The van der Waals surface area contributed by atoms with E-state index in [1.165, 1.54) is 0 Å². The van der Waals surface area contributed by atoms with E-state index in [0.29, 0.717) is 0 Å². The molecule has 11 heavy (non-hydrogen) atoms. The Kier molecular flexibility index (Phi) is 1.74. The maximum atomic E-state index is 4.10. The fourth-order valence-corrected chi connectivity index (χ4v) is 1.10. The van der Waals surface area contributed by atoms with Gasteiger partial charge < -0.3 is 0 Å². The third-order valence-electron chi connectivity index (χ3n) is 1.82. The molecule has 0 spiro atoms. The molecule has 0 aromatic carbocycles. The van der Waals surface area contributed by atoms with Crippen LogP contribution in [0.4, 0.5) is 0 Å². The first-order valence-electron chi connectivity index (χ1n) is 3.79. The van der Waals surface area contributed by atoms with Gasteiger partial charge >= 0.3 is 0 Å². The van der Waals surface area contributed by atoms with Crippen LogP contribution in [-0.2, 0) is 12.5 Å². The second-order valence-corrected chi connectivity index (χ2v) is 3.90. The molecule has 3 heteroatoms. The van der Waals surface area contributed by atoms with Crippen molar-refractivity contribution in [1.82, 2.24) is 15.0 Å². The Morgan fingerprint density at radius 3 is 2.00 bits per heavy atom. The Balaban J connectivity index is 3.15. The van der Waals surface area contributed by atoms with Gasteiger partial charge in [0.05, 0.1) is 11.4 Å². The number of aryl methyl sites for hydroxylation is 1. The summed E-state index contributed by atoms with van der Waals surface area (Å²) in [5, 5.41) is 8.05. The quantitative estimate of drug-likeness (QED) is 0.564. The first-order valence-corrected chi connectivity index (χ1v) is 3.79. The molecular weight excluding hydrogens is 138 g/mol. The number of hydrogen-bond donors (Lipinski definition) is 0. The minimum Gasteiger partial charge on any atom is -0.252 e. The molecule has 0 aliphatic rings. The van der Waals surface area contributed by atoms with Gasteiger partial charge in [0.15, 0.2) is 0 Å². The van der Waals surface area contributed by atoms with Gasteiger partial charge in [0.2, 0.25) is 0 Å². The van der Waals surface area contributed by atoms with E-state index < -0.39 is 0 Å². The van der Waals surface area contributed by atoms with E-state index in [1.54, 1.807) is 4.68 Å². The molecule has 1 rings (SSSR count). The molecule has 1 heterocycles. The van der Waals surface area contributed by atoms with Crippen molar-refractivity contribution in [2.75, 3.05) is 0 Å². The van der Waals surface area contributed by atoms with E-state index in [4.69, 9.17) is 0 Å². The van der Waals surface area contributed by atoms with Crippen LogP contribution in [0.2, 0.25) is 0 Å². The Labute approximate surface area is 67.4 Å². The van der Waals surface area contributed by atoms with E-state index in [1.807, 2.05) is 14.0 Å². The molecule has 0 aliphatic carbocycles. The molecule has 0 saturated heterocycles. The van der Waals surface area contributed by atoms with E-state index in [9.17, 15) is 0 Å². The fourth-order valence-electron chi connectivity index (χ4n) is 1.10. The average Bonchev–Trinajstić information content (AvgIpc) is 2.11. The minimum absolute atomic E-state index is 0.109. The second kappa shape index (κ2) is 2.32. The lowest BCUT2D eigenvalue weighted by atomic mass is 9.91. The molecule has 3 nitrogen and oxygen atoms in total. The van der Waals surface area contributed by atoms with Crippen LogP contribution in [0, 0.1) is 6.92 Å². The average molecular weight is 153 g/mol. The summed E-state index contributed by atoms with van der Waals surface area (Å²) in [5.74, 6) is 0. The lowest BCUT2D eigenvalue weighted by Gasteiger charge is -2.15. The van der Waals surface area contributed by atoms with Crippen molar-refractivity contribution in [3.63, 3.8) is 0 Å². The third kappa shape index (κ3) is 1.42. The standard InChI is InChI=1S/C8H15N3/c1-6-7(8(2,3)4)9-10-11(6)5/h1-5H3. The van der Waals surface area contributed by atoms with Gasteiger partial charge in [-0.05, 0) is 6.92 Å². The van der Waals surface area contributed by atoms with Gasteiger partial charge in [0, 0.05) is 12.5 Å². The highest BCUT2D eigenvalue weighted by molar-refractivity contribution is 5.16. The van der Waals surface area contributed by atoms with Crippen molar-refractivity contribution < 1.29 is 0 Å². The fraction of sp³-hybridized carbons (Fsp3) is 0.750. The second-order valence-electron chi connectivity index (χ2n) is 3.90. The van der Waals surface area contributed by atoms with Crippen molar-refractivity contribution >= 4 is 0 Å². The highest BCUT2D eigenvalue weighted by atomic mass is 15.4. The maximum Gasteiger partial charge on any atom is 0.0909 e. The minimum atomic E-state index is 0.109. The Morgan fingerprint density at radius 1 is 1.27 bits per heavy atom. The summed E-state index contributed by atoms with van der Waals surface area (Å²) in [6.45, 7) is 8.47. The van der Waals surface area contributed by atoms with Crippen LogP contribution < -0.4 is 0 Å². The molecule has 0 N–H and O–H groups in total. The van der Waals surface area contributed by atoms with Crippen LogP contribution in [0.3, 0.4) is 0 Å². The van der Waals surface area contributed by atoms with Crippen LogP contribution in [0.15, 0.2) is 0 Å². The molecule has 0 bridgehead atoms. The van der Waals surface area contributed by atoms with Gasteiger partial charge in [-0.15, -0.1) is 5.10 Å². The monoisotopic (exact) mass is 153 g/mol. The largest absolute Gasteiger partial charge is 0.252 e. The third-order valence-corrected chi connectivity index (χ3v) is 1.82. The van der Waals surface area contributed by atoms with Crippen LogP contribution in [0.1, 0.15) is 32.2 Å². The molecular formula is C8H15N3. The molecule has 0 unspecified atom stereocenters. The van der Waals surface area contributed by atoms with E-state index in [2.05, 4.69) is 31.1 Å². The van der Waals surface area contributed by atoms with Crippen LogP contribution in [0.5, 0.6) is 0 Å². The highest BCUT2D eigenvalue weighted by Crippen LogP contribution is 2.21. The number of rotatable bonds is 0. The molecule has 62 valence electrons. The SMILES string of the molecule is Cc1c(C(C)(C)C)nnn1C. The van der Waals surface area contributed by atoms with Crippen LogP contribution in [0.25, 0.3) is 0 Å². The van der Waals surface area contributed by atoms with Crippen LogP contribution in [-0.4, -0.2) is 15.0 Å². The van der Waals surface area contributed by atoms with Crippen molar-refractivity contribution in [1.29, 1.82) is 0 Å². The summed E-state index contributed by atoms with van der Waals surface area (Å²) in [6, 6.07) is 0. The smallest absolute Gasteiger partial charge is 0.0909 e. The summed E-state index contributed by atoms with van der Waals surface area (Å²) in [4.78, 5) is 0. The molecule has 0 aliphatic heterocycles. The van der Waals surface area contributed by atoms with E-state index >= 15 is 0 Å². The van der Waals surface area contributed by atoms with Crippen molar-refractivity contribution in [3.8, 4) is 0 Å². The summed E-state index contributed by atoms with van der Waals surface area (Å²) in [7, 11) is 1.91. The zero-order valence-corrected chi connectivity index (χ0v) is 7.84. The maximum absolute atomic E-state index is 4.10. The summed E-state index contributed by atoms with van der Waals surface area (Å²) in [5.41, 5.74) is 2.34. The molecule has 1 aromatic rings. The van der Waals surface area contributed by atoms with Crippen LogP contribution >= 0.6 is 0 Å². The molecule has 0 saturated carbocycles. The predicted molar refractivity (Wildman–Crippen MR) is 44.4 cm³/mol. The number of nitrogens with zero attached hydrogens (tertiary/aromatic N) is 3. The molecule has 0 amide bonds.